The number of para-hydroxylation sites is 1. The first-order valence-corrected chi connectivity index (χ1v) is 9.51. The van der Waals surface area contributed by atoms with Crippen molar-refractivity contribution in [2.24, 2.45) is 0 Å². The number of hydrogen-bond donors (Lipinski definition) is 4. The number of amides is 2. The number of carbonyl (C=O) groups excluding carboxylic acids is 1. The van der Waals surface area contributed by atoms with E-state index in [2.05, 4.69) is 20.7 Å². The van der Waals surface area contributed by atoms with E-state index in [1.165, 1.54) is 0 Å². The molecular formula is C22H21N5O3. The van der Waals surface area contributed by atoms with E-state index >= 15 is 0 Å². The van der Waals surface area contributed by atoms with Gasteiger partial charge in [0.2, 0.25) is 0 Å². The number of nitrogens with zero attached hydrogens (tertiary/aromatic N) is 2. The molecule has 2 aromatic heterocycles. The number of carboxylic acids is 1. The van der Waals surface area contributed by atoms with Gasteiger partial charge in [0.15, 0.2) is 0 Å². The lowest BCUT2D eigenvalue weighted by Gasteiger charge is -2.15. The van der Waals surface area contributed by atoms with Crippen molar-refractivity contribution in [1.82, 2.24) is 25.4 Å². The second kappa shape index (κ2) is 8.52. The SMILES string of the molecule is O=C(NCc1ccc(-n2cccn2)cc1)N[C@@H](Cc1c[nH]c2ccccc12)C(=O)O. The van der Waals surface area contributed by atoms with Crippen molar-refractivity contribution in [1.29, 1.82) is 0 Å². The molecule has 0 aliphatic heterocycles. The predicted octanol–water partition coefficient (Wildman–Crippen LogP) is 2.85. The van der Waals surface area contributed by atoms with Gasteiger partial charge in [0.25, 0.3) is 0 Å². The molecule has 0 bridgehead atoms. The van der Waals surface area contributed by atoms with Crippen molar-refractivity contribution in [3.8, 4) is 5.69 Å². The zero-order valence-corrected chi connectivity index (χ0v) is 16.1. The fourth-order valence-corrected chi connectivity index (χ4v) is 3.30. The van der Waals surface area contributed by atoms with Gasteiger partial charge in [-0.1, -0.05) is 30.3 Å². The molecule has 2 heterocycles. The topological polar surface area (TPSA) is 112 Å². The van der Waals surface area contributed by atoms with Crippen molar-refractivity contribution in [3.05, 3.63) is 84.3 Å². The molecule has 1 atom stereocenters. The highest BCUT2D eigenvalue weighted by Gasteiger charge is 2.21. The van der Waals surface area contributed by atoms with Crippen LogP contribution in [0.2, 0.25) is 0 Å². The number of aromatic amines is 1. The molecule has 8 heteroatoms. The summed E-state index contributed by atoms with van der Waals surface area (Å²) in [4.78, 5) is 27.0. The van der Waals surface area contributed by atoms with Gasteiger partial charge in [-0.25, -0.2) is 14.3 Å². The summed E-state index contributed by atoms with van der Waals surface area (Å²) in [5.74, 6) is -1.08. The first-order chi connectivity index (χ1) is 14.6. The van der Waals surface area contributed by atoms with Crippen LogP contribution >= 0.6 is 0 Å². The number of carboxylic acid groups (broad SMARTS) is 1. The molecule has 0 aliphatic carbocycles. The minimum atomic E-state index is -1.08. The second-order valence-electron chi connectivity index (χ2n) is 6.90. The third-order valence-electron chi connectivity index (χ3n) is 4.86. The van der Waals surface area contributed by atoms with E-state index in [0.29, 0.717) is 0 Å². The highest BCUT2D eigenvalue weighted by molar-refractivity contribution is 5.86. The molecule has 4 rings (SSSR count). The first kappa shape index (κ1) is 19.3. The number of H-pyrrole nitrogens is 1. The summed E-state index contributed by atoms with van der Waals surface area (Å²) in [6.07, 6.45) is 5.52. The molecule has 0 spiro atoms. The predicted molar refractivity (Wildman–Crippen MR) is 112 cm³/mol. The maximum Gasteiger partial charge on any atom is 0.326 e. The van der Waals surface area contributed by atoms with E-state index in [-0.39, 0.29) is 13.0 Å². The summed E-state index contributed by atoms with van der Waals surface area (Å²) in [5, 5.41) is 19.9. The number of hydrogen-bond acceptors (Lipinski definition) is 3. The number of rotatable bonds is 7. The van der Waals surface area contributed by atoms with Crippen molar-refractivity contribution in [2.45, 2.75) is 19.0 Å². The van der Waals surface area contributed by atoms with Crippen LogP contribution in [0.3, 0.4) is 0 Å². The van der Waals surface area contributed by atoms with Crippen LogP contribution in [-0.2, 0) is 17.8 Å². The maximum atomic E-state index is 12.3. The molecule has 4 aromatic rings. The van der Waals surface area contributed by atoms with E-state index in [9.17, 15) is 14.7 Å². The lowest BCUT2D eigenvalue weighted by Crippen LogP contribution is -2.46. The minimum Gasteiger partial charge on any atom is -0.480 e. The Labute approximate surface area is 172 Å². The lowest BCUT2D eigenvalue weighted by atomic mass is 10.1. The van der Waals surface area contributed by atoms with Crippen LogP contribution in [0.15, 0.2) is 73.2 Å². The van der Waals surface area contributed by atoms with Gasteiger partial charge in [0.1, 0.15) is 6.04 Å². The number of nitrogens with one attached hydrogen (secondary N) is 3. The van der Waals surface area contributed by atoms with Crippen LogP contribution in [0, 0.1) is 0 Å². The lowest BCUT2D eigenvalue weighted by molar-refractivity contribution is -0.139. The van der Waals surface area contributed by atoms with Gasteiger partial charge < -0.3 is 20.7 Å². The molecule has 0 saturated heterocycles. The molecule has 0 aliphatic rings. The van der Waals surface area contributed by atoms with E-state index in [1.807, 2.05) is 60.8 Å². The van der Waals surface area contributed by atoms with Crippen LogP contribution in [0.1, 0.15) is 11.1 Å². The van der Waals surface area contributed by atoms with Gasteiger partial charge in [0, 0.05) is 42.5 Å². The van der Waals surface area contributed by atoms with Crippen molar-refractivity contribution in [3.63, 3.8) is 0 Å². The summed E-state index contributed by atoms with van der Waals surface area (Å²) in [7, 11) is 0. The Kier molecular flexibility index (Phi) is 5.47. The number of urea groups is 1. The third kappa shape index (κ3) is 4.33. The Balaban J connectivity index is 1.35. The van der Waals surface area contributed by atoms with Crippen molar-refractivity contribution >= 4 is 22.9 Å². The summed E-state index contributed by atoms with van der Waals surface area (Å²) in [6.45, 7) is 0.282. The number of aromatic nitrogens is 3. The molecular weight excluding hydrogens is 382 g/mol. The van der Waals surface area contributed by atoms with Gasteiger partial charge >= 0.3 is 12.0 Å². The fourth-order valence-electron chi connectivity index (χ4n) is 3.30. The van der Waals surface area contributed by atoms with E-state index in [0.717, 1.165) is 27.7 Å². The highest BCUT2D eigenvalue weighted by atomic mass is 16.4. The van der Waals surface area contributed by atoms with Gasteiger partial charge in [-0.3, -0.25) is 0 Å². The third-order valence-corrected chi connectivity index (χ3v) is 4.86. The minimum absolute atomic E-state index is 0.186. The first-order valence-electron chi connectivity index (χ1n) is 9.51. The van der Waals surface area contributed by atoms with Gasteiger partial charge in [-0.15, -0.1) is 0 Å². The van der Waals surface area contributed by atoms with Crippen LogP contribution < -0.4 is 10.6 Å². The molecule has 0 unspecified atom stereocenters. The fraction of sp³-hybridized carbons (Fsp3) is 0.136. The number of fused-ring (bicyclic) bond motifs is 1. The Morgan fingerprint density at radius 1 is 1.10 bits per heavy atom. The summed E-state index contributed by atoms with van der Waals surface area (Å²) in [5.41, 5.74) is 3.58. The van der Waals surface area contributed by atoms with E-state index in [4.69, 9.17) is 0 Å². The largest absolute Gasteiger partial charge is 0.480 e. The van der Waals surface area contributed by atoms with Crippen molar-refractivity contribution < 1.29 is 14.7 Å². The molecule has 4 N–H and O–H groups in total. The summed E-state index contributed by atoms with van der Waals surface area (Å²) < 4.78 is 1.74. The van der Waals surface area contributed by atoms with Crippen LogP contribution in [-0.4, -0.2) is 37.9 Å². The van der Waals surface area contributed by atoms with E-state index in [1.54, 1.807) is 17.1 Å². The number of aliphatic carboxylic acids is 1. The van der Waals surface area contributed by atoms with Crippen LogP contribution in [0.4, 0.5) is 4.79 Å². The molecule has 8 nitrogen and oxygen atoms in total. The second-order valence-corrected chi connectivity index (χ2v) is 6.90. The Hall–Kier alpha value is -4.07. The monoisotopic (exact) mass is 403 g/mol. The number of carbonyl (C=O) groups is 2. The molecule has 0 radical (unpaired) electrons. The molecule has 30 heavy (non-hydrogen) atoms. The summed E-state index contributed by atoms with van der Waals surface area (Å²) in [6, 6.07) is 15.5. The standard InChI is InChI=1S/C22H21N5O3/c28-21(29)20(12-16-14-23-19-5-2-1-4-18(16)19)26-22(30)24-13-15-6-8-17(9-7-15)27-11-3-10-25-27/h1-11,14,20,23H,12-13H2,(H,28,29)(H2,24,26,30)/t20-/m0/s1. The quantitative estimate of drug-likeness (QED) is 0.380. The molecule has 152 valence electrons. The van der Waals surface area contributed by atoms with Crippen LogP contribution in [0.25, 0.3) is 16.6 Å². The summed E-state index contributed by atoms with van der Waals surface area (Å²) >= 11 is 0. The van der Waals surface area contributed by atoms with E-state index < -0.39 is 18.0 Å². The Bertz CT molecular complexity index is 1150. The molecule has 0 fully saturated rings. The average Bonchev–Trinajstić information content (AvgIpc) is 3.43. The number of benzene rings is 2. The molecule has 0 saturated carbocycles. The zero-order chi connectivity index (χ0) is 20.9. The van der Waals surface area contributed by atoms with Gasteiger partial charge in [0.05, 0.1) is 5.69 Å². The van der Waals surface area contributed by atoms with Crippen LogP contribution in [0.5, 0.6) is 0 Å². The van der Waals surface area contributed by atoms with Gasteiger partial charge in [-0.2, -0.15) is 5.10 Å². The van der Waals surface area contributed by atoms with Crippen molar-refractivity contribution in [2.75, 3.05) is 0 Å². The molecule has 2 amide bonds. The average molecular weight is 403 g/mol. The maximum absolute atomic E-state index is 12.3. The zero-order valence-electron chi connectivity index (χ0n) is 16.1. The normalized spacial score (nSPS) is 11.9. The Morgan fingerprint density at radius 2 is 1.90 bits per heavy atom. The smallest absolute Gasteiger partial charge is 0.326 e. The molecule has 2 aromatic carbocycles. The van der Waals surface area contributed by atoms with Gasteiger partial charge in [-0.05, 0) is 35.4 Å². The highest BCUT2D eigenvalue weighted by Crippen LogP contribution is 2.19. The Morgan fingerprint density at radius 3 is 2.63 bits per heavy atom.